The molecule has 0 radical (unpaired) electrons. The van der Waals surface area contributed by atoms with Crippen molar-refractivity contribution in [2.75, 3.05) is 19.6 Å². The molecular weight excluding hydrogens is 240 g/mol. The van der Waals surface area contributed by atoms with Crippen molar-refractivity contribution in [3.63, 3.8) is 0 Å². The van der Waals surface area contributed by atoms with Gasteiger partial charge in [-0.15, -0.1) is 0 Å². The molecule has 108 valence electrons. The summed E-state index contributed by atoms with van der Waals surface area (Å²) in [5.41, 5.74) is 0. The lowest BCUT2D eigenvalue weighted by molar-refractivity contribution is -0.144. The highest BCUT2D eigenvalue weighted by Gasteiger charge is 2.36. The molecule has 0 aromatic rings. The van der Waals surface area contributed by atoms with Gasteiger partial charge in [-0.2, -0.15) is 0 Å². The Hall–Kier alpha value is -1.06. The molecule has 19 heavy (non-hydrogen) atoms. The molecular formula is C15H26N2O2. The SMILES string of the molecule is CCC(C)C1CCCCC1C(=O)N1CCNC(=O)C1. The largest absolute Gasteiger partial charge is 0.353 e. The highest BCUT2D eigenvalue weighted by Crippen LogP contribution is 2.37. The fraction of sp³-hybridized carbons (Fsp3) is 0.867. The molecule has 0 aromatic heterocycles. The highest BCUT2D eigenvalue weighted by atomic mass is 16.2. The summed E-state index contributed by atoms with van der Waals surface area (Å²) in [4.78, 5) is 25.9. The van der Waals surface area contributed by atoms with E-state index in [-0.39, 0.29) is 24.3 Å². The molecule has 2 amide bonds. The third kappa shape index (κ3) is 3.28. The Kier molecular flexibility index (Phi) is 4.83. The first-order valence-electron chi connectivity index (χ1n) is 7.69. The van der Waals surface area contributed by atoms with Crippen molar-refractivity contribution >= 4 is 11.8 Å². The van der Waals surface area contributed by atoms with E-state index in [1.54, 1.807) is 4.90 Å². The van der Waals surface area contributed by atoms with Crippen molar-refractivity contribution in [3.05, 3.63) is 0 Å². The van der Waals surface area contributed by atoms with E-state index in [4.69, 9.17) is 0 Å². The lowest BCUT2D eigenvalue weighted by atomic mass is 9.71. The quantitative estimate of drug-likeness (QED) is 0.847. The van der Waals surface area contributed by atoms with Crippen LogP contribution >= 0.6 is 0 Å². The molecule has 1 aliphatic heterocycles. The fourth-order valence-corrected chi connectivity index (χ4v) is 3.51. The standard InChI is InChI=1S/C15H26N2O2/c1-3-11(2)12-6-4-5-7-13(12)15(19)17-9-8-16-14(18)10-17/h11-13H,3-10H2,1-2H3,(H,16,18). The van der Waals surface area contributed by atoms with E-state index in [1.165, 1.54) is 12.8 Å². The number of amides is 2. The van der Waals surface area contributed by atoms with Crippen molar-refractivity contribution < 1.29 is 9.59 Å². The summed E-state index contributed by atoms with van der Waals surface area (Å²) >= 11 is 0. The maximum absolute atomic E-state index is 12.7. The summed E-state index contributed by atoms with van der Waals surface area (Å²) in [6.07, 6.45) is 5.72. The zero-order valence-electron chi connectivity index (χ0n) is 12.2. The number of nitrogens with zero attached hydrogens (tertiary/aromatic N) is 1. The molecule has 0 bridgehead atoms. The van der Waals surface area contributed by atoms with Crippen molar-refractivity contribution in [1.82, 2.24) is 10.2 Å². The summed E-state index contributed by atoms with van der Waals surface area (Å²) in [7, 11) is 0. The predicted octanol–water partition coefficient (Wildman–Crippen LogP) is 1.80. The second-order valence-electron chi connectivity index (χ2n) is 6.05. The van der Waals surface area contributed by atoms with Gasteiger partial charge in [-0.1, -0.05) is 33.1 Å². The smallest absolute Gasteiger partial charge is 0.239 e. The average Bonchev–Trinajstić information content (AvgIpc) is 2.45. The van der Waals surface area contributed by atoms with Crippen LogP contribution in [0.25, 0.3) is 0 Å². The van der Waals surface area contributed by atoms with Gasteiger partial charge in [0.1, 0.15) is 0 Å². The molecule has 4 heteroatoms. The third-order valence-corrected chi connectivity index (χ3v) is 4.86. The van der Waals surface area contributed by atoms with E-state index in [0.717, 1.165) is 19.3 Å². The molecule has 0 spiro atoms. The van der Waals surface area contributed by atoms with Crippen LogP contribution in [-0.4, -0.2) is 36.3 Å². The number of hydrogen-bond donors (Lipinski definition) is 1. The number of carbonyl (C=O) groups excluding carboxylic acids is 2. The van der Waals surface area contributed by atoms with Crippen LogP contribution in [0.5, 0.6) is 0 Å². The first-order chi connectivity index (χ1) is 9.13. The fourth-order valence-electron chi connectivity index (χ4n) is 3.51. The van der Waals surface area contributed by atoms with Crippen molar-refractivity contribution in [1.29, 1.82) is 0 Å². The average molecular weight is 266 g/mol. The first kappa shape index (κ1) is 14.4. The number of rotatable bonds is 3. The number of carbonyl (C=O) groups is 2. The summed E-state index contributed by atoms with van der Waals surface area (Å²) in [6.45, 7) is 6.00. The van der Waals surface area contributed by atoms with Crippen molar-refractivity contribution in [2.45, 2.75) is 46.0 Å². The molecule has 1 saturated carbocycles. The molecule has 4 nitrogen and oxygen atoms in total. The number of piperazine rings is 1. The van der Waals surface area contributed by atoms with Gasteiger partial charge < -0.3 is 10.2 Å². The molecule has 3 atom stereocenters. The zero-order chi connectivity index (χ0) is 13.8. The van der Waals surface area contributed by atoms with Gasteiger partial charge in [0.2, 0.25) is 11.8 Å². The van der Waals surface area contributed by atoms with Crippen LogP contribution in [0, 0.1) is 17.8 Å². The van der Waals surface area contributed by atoms with Crippen molar-refractivity contribution in [3.8, 4) is 0 Å². The van der Waals surface area contributed by atoms with Gasteiger partial charge in [0, 0.05) is 19.0 Å². The van der Waals surface area contributed by atoms with Gasteiger partial charge in [-0.05, 0) is 24.7 Å². The maximum atomic E-state index is 12.7. The molecule has 2 rings (SSSR count). The van der Waals surface area contributed by atoms with Gasteiger partial charge >= 0.3 is 0 Å². The van der Waals surface area contributed by atoms with Gasteiger partial charge in [0.15, 0.2) is 0 Å². The van der Waals surface area contributed by atoms with Crippen LogP contribution in [0.4, 0.5) is 0 Å². The molecule has 1 saturated heterocycles. The Morgan fingerprint density at radius 3 is 2.84 bits per heavy atom. The topological polar surface area (TPSA) is 49.4 Å². The minimum atomic E-state index is -0.0181. The third-order valence-electron chi connectivity index (χ3n) is 4.86. The molecule has 2 fully saturated rings. The van der Waals surface area contributed by atoms with Crippen LogP contribution in [0.15, 0.2) is 0 Å². The van der Waals surface area contributed by atoms with Gasteiger partial charge in [-0.3, -0.25) is 9.59 Å². The van der Waals surface area contributed by atoms with E-state index in [9.17, 15) is 9.59 Å². The Balaban J connectivity index is 2.04. The van der Waals surface area contributed by atoms with Crippen LogP contribution in [0.3, 0.4) is 0 Å². The Morgan fingerprint density at radius 2 is 2.16 bits per heavy atom. The van der Waals surface area contributed by atoms with Crippen LogP contribution in [0.2, 0.25) is 0 Å². The van der Waals surface area contributed by atoms with E-state index in [1.807, 2.05) is 0 Å². The molecule has 3 unspecified atom stereocenters. The maximum Gasteiger partial charge on any atom is 0.239 e. The normalized spacial score (nSPS) is 29.8. The summed E-state index contributed by atoms with van der Waals surface area (Å²) in [6, 6.07) is 0. The van der Waals surface area contributed by atoms with E-state index >= 15 is 0 Å². The zero-order valence-corrected chi connectivity index (χ0v) is 12.2. The summed E-state index contributed by atoms with van der Waals surface area (Å²) in [5, 5.41) is 2.78. The molecule has 0 aromatic carbocycles. The van der Waals surface area contributed by atoms with E-state index in [2.05, 4.69) is 19.2 Å². The molecule has 1 heterocycles. The van der Waals surface area contributed by atoms with Gasteiger partial charge in [0.05, 0.1) is 6.54 Å². The minimum absolute atomic E-state index is 0.0181. The predicted molar refractivity (Wildman–Crippen MR) is 74.5 cm³/mol. The number of hydrogen-bond acceptors (Lipinski definition) is 2. The Bertz CT molecular complexity index is 343. The molecule has 1 N–H and O–H groups in total. The lowest BCUT2D eigenvalue weighted by Gasteiger charge is -2.38. The Morgan fingerprint density at radius 1 is 1.42 bits per heavy atom. The van der Waals surface area contributed by atoms with E-state index in [0.29, 0.717) is 24.9 Å². The van der Waals surface area contributed by atoms with Gasteiger partial charge in [0.25, 0.3) is 0 Å². The first-order valence-corrected chi connectivity index (χ1v) is 7.69. The summed E-state index contributed by atoms with van der Waals surface area (Å²) < 4.78 is 0. The highest BCUT2D eigenvalue weighted by molar-refractivity contribution is 5.87. The van der Waals surface area contributed by atoms with E-state index < -0.39 is 0 Å². The lowest BCUT2D eigenvalue weighted by Crippen LogP contribution is -2.53. The van der Waals surface area contributed by atoms with Crippen LogP contribution in [0.1, 0.15) is 46.0 Å². The minimum Gasteiger partial charge on any atom is -0.353 e. The van der Waals surface area contributed by atoms with Crippen LogP contribution in [-0.2, 0) is 9.59 Å². The van der Waals surface area contributed by atoms with Crippen LogP contribution < -0.4 is 5.32 Å². The molecule has 1 aliphatic carbocycles. The van der Waals surface area contributed by atoms with Crippen molar-refractivity contribution in [2.24, 2.45) is 17.8 Å². The van der Waals surface area contributed by atoms with Gasteiger partial charge in [-0.25, -0.2) is 0 Å². The second-order valence-corrected chi connectivity index (χ2v) is 6.05. The monoisotopic (exact) mass is 266 g/mol. The molecule has 2 aliphatic rings. The summed E-state index contributed by atoms with van der Waals surface area (Å²) in [5.74, 6) is 1.47. The Labute approximate surface area is 115 Å². The number of nitrogens with one attached hydrogen (secondary N) is 1. The second kappa shape index (κ2) is 6.40.